The van der Waals surface area contributed by atoms with Crippen molar-refractivity contribution in [1.82, 2.24) is 34.5 Å². The number of aromatic nitrogens is 5. The molecular formula is C26H19ClF2N8O3S. The van der Waals surface area contributed by atoms with Crippen molar-refractivity contribution >= 4 is 56.8 Å². The van der Waals surface area contributed by atoms with E-state index < -0.39 is 17.6 Å². The van der Waals surface area contributed by atoms with Gasteiger partial charge in [0.15, 0.2) is 5.82 Å². The van der Waals surface area contributed by atoms with Gasteiger partial charge in [0.25, 0.3) is 11.8 Å². The minimum absolute atomic E-state index is 0.0341. The van der Waals surface area contributed by atoms with Crippen molar-refractivity contribution in [3.05, 3.63) is 101 Å². The second-order valence-electron chi connectivity index (χ2n) is 8.54. The molecule has 0 spiro atoms. The number of rotatable bonds is 5. The quantitative estimate of drug-likeness (QED) is 0.280. The standard InChI is InChI=1S/C20H15FN8O3S.C6H4ClF/c21-10-1-2-14-12(5-10)16(28-33-14)19(31)27-17-13-8-24-15(30)9-29(13)18(26-17)20(32)25-7-11-6-22-3-4-23-11;7-5-1-3-6(8)4-2-5/h1-6H,7-9H2,(H,24,30)(H,25,32)(H,27,31);1-4H. The van der Waals surface area contributed by atoms with Crippen molar-refractivity contribution in [2.45, 2.75) is 19.6 Å². The van der Waals surface area contributed by atoms with E-state index in [1.807, 2.05) is 0 Å². The molecule has 0 unspecified atom stereocenters. The summed E-state index contributed by atoms with van der Waals surface area (Å²) in [6, 6.07) is 9.75. The highest BCUT2D eigenvalue weighted by Gasteiger charge is 2.28. The molecule has 208 valence electrons. The third-order valence-corrected chi connectivity index (χ3v) is 6.84. The fraction of sp³-hybridized carbons (Fsp3) is 0.115. The van der Waals surface area contributed by atoms with Crippen LogP contribution >= 0.6 is 23.1 Å². The summed E-state index contributed by atoms with van der Waals surface area (Å²) in [7, 11) is 0. The molecule has 6 rings (SSSR count). The molecule has 1 aliphatic rings. The zero-order valence-electron chi connectivity index (χ0n) is 20.9. The molecule has 3 amide bonds. The van der Waals surface area contributed by atoms with Gasteiger partial charge < -0.3 is 20.5 Å². The molecule has 0 saturated heterocycles. The van der Waals surface area contributed by atoms with E-state index in [-0.39, 0.29) is 48.7 Å². The van der Waals surface area contributed by atoms with Crippen LogP contribution in [0.25, 0.3) is 10.1 Å². The number of nitrogens with one attached hydrogen (secondary N) is 3. The molecule has 4 heterocycles. The molecule has 1 aliphatic heterocycles. The lowest BCUT2D eigenvalue weighted by molar-refractivity contribution is -0.122. The number of halogens is 3. The van der Waals surface area contributed by atoms with Crippen LogP contribution in [0, 0.1) is 11.6 Å². The first-order valence-corrected chi connectivity index (χ1v) is 13.1. The van der Waals surface area contributed by atoms with Gasteiger partial charge in [0.05, 0.1) is 35.4 Å². The Morgan fingerprint density at radius 1 is 1.07 bits per heavy atom. The summed E-state index contributed by atoms with van der Waals surface area (Å²) in [5, 5.41) is 8.94. The lowest BCUT2D eigenvalue weighted by atomic mass is 10.2. The van der Waals surface area contributed by atoms with Crippen LogP contribution in [0.5, 0.6) is 0 Å². The minimum atomic E-state index is -0.601. The maximum atomic E-state index is 13.7. The van der Waals surface area contributed by atoms with Gasteiger partial charge in [0.1, 0.15) is 23.9 Å². The lowest BCUT2D eigenvalue weighted by Gasteiger charge is -2.17. The van der Waals surface area contributed by atoms with Crippen LogP contribution in [0.1, 0.15) is 32.5 Å². The van der Waals surface area contributed by atoms with Crippen molar-refractivity contribution in [3.63, 3.8) is 0 Å². The Kier molecular flexibility index (Phi) is 8.21. The zero-order chi connectivity index (χ0) is 28.9. The second kappa shape index (κ2) is 12.1. The Labute approximate surface area is 239 Å². The number of hydrogen-bond acceptors (Lipinski definition) is 8. The molecular weight excluding hydrogens is 578 g/mol. The number of imidazole rings is 1. The summed E-state index contributed by atoms with van der Waals surface area (Å²) in [5.41, 5.74) is 1.05. The average Bonchev–Trinajstić information content (AvgIpc) is 3.55. The molecule has 0 aliphatic carbocycles. The predicted molar refractivity (Wildman–Crippen MR) is 146 cm³/mol. The van der Waals surface area contributed by atoms with Gasteiger partial charge in [-0.2, -0.15) is 4.37 Å². The molecule has 5 aromatic rings. The summed E-state index contributed by atoms with van der Waals surface area (Å²) in [6.45, 7) is 0.0569. The Morgan fingerprint density at radius 3 is 2.59 bits per heavy atom. The van der Waals surface area contributed by atoms with Crippen LogP contribution in [0.4, 0.5) is 14.6 Å². The second-order valence-corrected chi connectivity index (χ2v) is 9.78. The third kappa shape index (κ3) is 6.50. The number of fused-ring (bicyclic) bond motifs is 2. The van der Waals surface area contributed by atoms with Crippen LogP contribution in [0.2, 0.25) is 5.02 Å². The fourth-order valence-electron chi connectivity index (χ4n) is 3.83. The predicted octanol–water partition coefficient (Wildman–Crippen LogP) is 3.71. The Bertz CT molecular complexity index is 1720. The van der Waals surface area contributed by atoms with Gasteiger partial charge in [-0.15, -0.1) is 0 Å². The molecule has 0 atom stereocenters. The fourth-order valence-corrected chi connectivity index (χ4v) is 4.71. The largest absolute Gasteiger partial charge is 0.349 e. The molecule has 41 heavy (non-hydrogen) atoms. The molecule has 0 bridgehead atoms. The molecule has 15 heteroatoms. The highest BCUT2D eigenvalue weighted by Crippen LogP contribution is 2.26. The van der Waals surface area contributed by atoms with E-state index in [2.05, 4.69) is 35.3 Å². The number of benzene rings is 2. The van der Waals surface area contributed by atoms with E-state index >= 15 is 0 Å². The van der Waals surface area contributed by atoms with Gasteiger partial charge in [-0.1, -0.05) is 11.6 Å². The third-order valence-electron chi connectivity index (χ3n) is 5.76. The highest BCUT2D eigenvalue weighted by molar-refractivity contribution is 7.13. The van der Waals surface area contributed by atoms with Gasteiger partial charge in [0, 0.05) is 22.8 Å². The van der Waals surface area contributed by atoms with Crippen LogP contribution < -0.4 is 16.0 Å². The first-order valence-electron chi connectivity index (χ1n) is 11.9. The summed E-state index contributed by atoms with van der Waals surface area (Å²) in [4.78, 5) is 49.9. The highest BCUT2D eigenvalue weighted by atomic mass is 35.5. The molecule has 3 aromatic heterocycles. The summed E-state index contributed by atoms with van der Waals surface area (Å²) >= 11 is 6.51. The SMILES string of the molecule is Fc1ccc(Cl)cc1.O=C1Cn2c(C(=O)NCc3cnccn3)nc(NC(=O)c3nsc4ccc(F)cc34)c2CN1. The van der Waals surface area contributed by atoms with Crippen LogP contribution in [0.15, 0.2) is 61.1 Å². The minimum Gasteiger partial charge on any atom is -0.349 e. The van der Waals surface area contributed by atoms with Crippen molar-refractivity contribution in [2.24, 2.45) is 0 Å². The van der Waals surface area contributed by atoms with Gasteiger partial charge in [-0.3, -0.25) is 24.4 Å². The van der Waals surface area contributed by atoms with E-state index in [0.717, 1.165) is 11.5 Å². The molecule has 0 saturated carbocycles. The lowest BCUT2D eigenvalue weighted by Crippen LogP contribution is -2.37. The maximum absolute atomic E-state index is 13.7. The number of nitrogens with zero attached hydrogens (tertiary/aromatic N) is 5. The number of carbonyl (C=O) groups is 3. The van der Waals surface area contributed by atoms with Gasteiger partial charge >= 0.3 is 0 Å². The molecule has 0 fully saturated rings. The topological polar surface area (TPSA) is 144 Å². The normalized spacial score (nSPS) is 12.1. The van der Waals surface area contributed by atoms with Crippen molar-refractivity contribution < 1.29 is 23.2 Å². The van der Waals surface area contributed by atoms with E-state index in [4.69, 9.17) is 11.6 Å². The van der Waals surface area contributed by atoms with Gasteiger partial charge in [0.2, 0.25) is 11.7 Å². The van der Waals surface area contributed by atoms with Crippen molar-refractivity contribution in [3.8, 4) is 0 Å². The van der Waals surface area contributed by atoms with E-state index in [0.29, 0.717) is 26.5 Å². The number of hydrogen-bond donors (Lipinski definition) is 3. The van der Waals surface area contributed by atoms with Gasteiger partial charge in [-0.05, 0) is 54.0 Å². The van der Waals surface area contributed by atoms with Gasteiger partial charge in [-0.25, -0.2) is 13.8 Å². The van der Waals surface area contributed by atoms with Crippen LogP contribution in [-0.2, 0) is 24.4 Å². The van der Waals surface area contributed by atoms with Crippen LogP contribution in [0.3, 0.4) is 0 Å². The van der Waals surface area contributed by atoms with Crippen molar-refractivity contribution in [1.29, 1.82) is 0 Å². The summed E-state index contributed by atoms with van der Waals surface area (Å²) < 4.78 is 31.9. The smallest absolute Gasteiger partial charge is 0.287 e. The number of anilines is 1. The molecule has 3 N–H and O–H groups in total. The molecule has 0 radical (unpaired) electrons. The Morgan fingerprint density at radius 2 is 1.85 bits per heavy atom. The Hall–Kier alpha value is -4.82. The average molecular weight is 597 g/mol. The van der Waals surface area contributed by atoms with Crippen LogP contribution in [-0.4, -0.2) is 41.6 Å². The molecule has 11 nitrogen and oxygen atoms in total. The van der Waals surface area contributed by atoms with E-state index in [1.165, 1.54) is 59.6 Å². The monoisotopic (exact) mass is 596 g/mol. The maximum Gasteiger partial charge on any atom is 0.287 e. The first-order chi connectivity index (χ1) is 19.8. The Balaban J connectivity index is 0.000000365. The summed E-state index contributed by atoms with van der Waals surface area (Å²) in [5.74, 6) is -2.10. The van der Waals surface area contributed by atoms with Crippen molar-refractivity contribution in [2.75, 3.05) is 5.32 Å². The van der Waals surface area contributed by atoms with E-state index in [1.54, 1.807) is 6.07 Å². The zero-order valence-corrected chi connectivity index (χ0v) is 22.5. The number of carbonyl (C=O) groups excluding carboxylic acids is 3. The number of amides is 3. The summed E-state index contributed by atoms with van der Waals surface area (Å²) in [6.07, 6.45) is 4.54. The first kappa shape index (κ1) is 27.7. The van der Waals surface area contributed by atoms with E-state index in [9.17, 15) is 23.2 Å². The molecule has 2 aromatic carbocycles.